The summed E-state index contributed by atoms with van der Waals surface area (Å²) in [6, 6.07) is 8.37. The zero-order valence-corrected chi connectivity index (χ0v) is 12.6. The van der Waals surface area contributed by atoms with Crippen LogP contribution < -0.4 is 5.73 Å². The Bertz CT molecular complexity index is 340. The summed E-state index contributed by atoms with van der Waals surface area (Å²) in [4.78, 5) is 2.38. The van der Waals surface area contributed by atoms with E-state index in [1.54, 1.807) is 0 Å². The second kappa shape index (κ2) is 6.53. The summed E-state index contributed by atoms with van der Waals surface area (Å²) in [6.45, 7) is 6.07. The van der Waals surface area contributed by atoms with Crippen LogP contribution in [0.5, 0.6) is 0 Å². The Labute approximate surface area is 113 Å². The number of likely N-dealkylation sites (N-methyl/N-ethyl adjacent to an activating group) is 1. The molecule has 0 bridgehead atoms. The van der Waals surface area contributed by atoms with Crippen LogP contribution in [0.2, 0.25) is 0 Å². The van der Waals surface area contributed by atoms with Crippen LogP contribution in [0.3, 0.4) is 0 Å². The maximum atomic E-state index is 5.97. The predicted molar refractivity (Wildman–Crippen MR) is 78.0 cm³/mol. The second-order valence-corrected chi connectivity index (χ2v) is 5.44. The summed E-state index contributed by atoms with van der Waals surface area (Å²) in [5.41, 5.74) is 7.40. The van der Waals surface area contributed by atoms with Crippen molar-refractivity contribution in [3.05, 3.63) is 34.3 Å². The van der Waals surface area contributed by atoms with E-state index >= 15 is 0 Å². The number of nitrogens with zero attached hydrogens (tertiary/aromatic N) is 1. The average molecular weight is 299 g/mol. The molecule has 17 heavy (non-hydrogen) atoms. The first-order valence-electron chi connectivity index (χ1n) is 6.24. The molecule has 1 aromatic carbocycles. The lowest BCUT2D eigenvalue weighted by atomic mass is 9.90. The van der Waals surface area contributed by atoms with E-state index in [2.05, 4.69) is 59.9 Å². The van der Waals surface area contributed by atoms with Crippen LogP contribution in [-0.2, 0) is 6.54 Å². The van der Waals surface area contributed by atoms with E-state index in [-0.39, 0.29) is 5.54 Å². The van der Waals surface area contributed by atoms with E-state index in [0.717, 1.165) is 19.4 Å². The number of hydrogen-bond acceptors (Lipinski definition) is 2. The SMILES string of the molecule is CCC(CC)(CN)N(C)Cc1ccccc1Br. The van der Waals surface area contributed by atoms with E-state index < -0.39 is 0 Å². The highest BCUT2D eigenvalue weighted by atomic mass is 79.9. The molecule has 0 saturated heterocycles. The molecule has 3 heteroatoms. The maximum Gasteiger partial charge on any atom is 0.0327 e. The monoisotopic (exact) mass is 298 g/mol. The van der Waals surface area contributed by atoms with Crippen molar-refractivity contribution >= 4 is 15.9 Å². The lowest BCUT2D eigenvalue weighted by Crippen LogP contribution is -2.50. The van der Waals surface area contributed by atoms with Crippen LogP contribution >= 0.6 is 15.9 Å². The van der Waals surface area contributed by atoms with Crippen molar-refractivity contribution in [2.45, 2.75) is 38.8 Å². The maximum absolute atomic E-state index is 5.97. The van der Waals surface area contributed by atoms with Gasteiger partial charge in [0.2, 0.25) is 0 Å². The Hall–Kier alpha value is -0.380. The van der Waals surface area contributed by atoms with Gasteiger partial charge in [-0.15, -0.1) is 0 Å². The fourth-order valence-electron chi connectivity index (χ4n) is 2.28. The summed E-state index contributed by atoms with van der Waals surface area (Å²) in [5, 5.41) is 0. The third-order valence-corrected chi connectivity index (χ3v) is 4.64. The third-order valence-electron chi connectivity index (χ3n) is 3.87. The van der Waals surface area contributed by atoms with Crippen molar-refractivity contribution in [3.8, 4) is 0 Å². The van der Waals surface area contributed by atoms with Gasteiger partial charge in [0.1, 0.15) is 0 Å². The molecule has 1 aromatic rings. The fourth-order valence-corrected chi connectivity index (χ4v) is 2.69. The molecule has 0 heterocycles. The summed E-state index contributed by atoms with van der Waals surface area (Å²) >= 11 is 3.60. The van der Waals surface area contributed by atoms with Crippen LogP contribution in [0.25, 0.3) is 0 Å². The van der Waals surface area contributed by atoms with Gasteiger partial charge in [0.15, 0.2) is 0 Å². The Kier molecular flexibility index (Phi) is 5.63. The highest BCUT2D eigenvalue weighted by Gasteiger charge is 2.29. The van der Waals surface area contributed by atoms with Crippen LogP contribution in [0.1, 0.15) is 32.3 Å². The Balaban J connectivity index is 2.84. The van der Waals surface area contributed by atoms with Crippen molar-refractivity contribution in [3.63, 3.8) is 0 Å². The quantitative estimate of drug-likeness (QED) is 0.872. The molecule has 1 rings (SSSR count). The zero-order chi connectivity index (χ0) is 12.9. The molecule has 2 N–H and O–H groups in total. The lowest BCUT2D eigenvalue weighted by molar-refractivity contribution is 0.108. The number of halogens is 1. The minimum absolute atomic E-state index is 0.120. The van der Waals surface area contributed by atoms with E-state index in [1.807, 2.05) is 6.07 Å². The molecule has 0 spiro atoms. The highest BCUT2D eigenvalue weighted by molar-refractivity contribution is 9.10. The summed E-state index contributed by atoms with van der Waals surface area (Å²) in [7, 11) is 2.17. The van der Waals surface area contributed by atoms with Crippen LogP contribution in [0.15, 0.2) is 28.7 Å². The molecule has 0 aliphatic carbocycles. The van der Waals surface area contributed by atoms with Gasteiger partial charge in [0.05, 0.1) is 0 Å². The first-order valence-corrected chi connectivity index (χ1v) is 7.03. The molecule has 2 nitrogen and oxygen atoms in total. The Morgan fingerprint density at radius 3 is 2.29 bits per heavy atom. The van der Waals surface area contributed by atoms with Gasteiger partial charge in [-0.1, -0.05) is 48.0 Å². The standard InChI is InChI=1S/C14H23BrN2/c1-4-14(5-2,11-16)17(3)10-12-8-6-7-9-13(12)15/h6-9H,4-5,10-11,16H2,1-3H3. The predicted octanol–water partition coefficient (Wildman–Crippen LogP) is 3.40. The van der Waals surface area contributed by atoms with Gasteiger partial charge in [0, 0.05) is 23.1 Å². The molecule has 0 saturated carbocycles. The second-order valence-electron chi connectivity index (χ2n) is 4.58. The van der Waals surface area contributed by atoms with Crippen LogP contribution in [0.4, 0.5) is 0 Å². The third kappa shape index (κ3) is 3.30. The van der Waals surface area contributed by atoms with Crippen molar-refractivity contribution in [1.82, 2.24) is 4.90 Å². The van der Waals surface area contributed by atoms with E-state index in [9.17, 15) is 0 Å². The average Bonchev–Trinajstić information content (AvgIpc) is 2.35. The zero-order valence-electron chi connectivity index (χ0n) is 11.0. The van der Waals surface area contributed by atoms with Crippen molar-refractivity contribution in [2.24, 2.45) is 5.73 Å². The minimum Gasteiger partial charge on any atom is -0.329 e. The molecular weight excluding hydrogens is 276 g/mol. The molecule has 96 valence electrons. The van der Waals surface area contributed by atoms with Crippen molar-refractivity contribution < 1.29 is 0 Å². The first kappa shape index (κ1) is 14.7. The highest BCUT2D eigenvalue weighted by Crippen LogP contribution is 2.25. The van der Waals surface area contributed by atoms with Crippen molar-refractivity contribution in [1.29, 1.82) is 0 Å². The van der Waals surface area contributed by atoms with Gasteiger partial charge in [-0.2, -0.15) is 0 Å². The lowest BCUT2D eigenvalue weighted by Gasteiger charge is -2.40. The molecule has 0 aliphatic rings. The van der Waals surface area contributed by atoms with Gasteiger partial charge in [0.25, 0.3) is 0 Å². The fraction of sp³-hybridized carbons (Fsp3) is 0.571. The number of nitrogens with two attached hydrogens (primary N) is 1. The molecule has 0 aliphatic heterocycles. The molecule has 0 fully saturated rings. The first-order chi connectivity index (χ1) is 8.09. The number of benzene rings is 1. The van der Waals surface area contributed by atoms with Gasteiger partial charge in [-0.25, -0.2) is 0 Å². The number of rotatable bonds is 6. The van der Waals surface area contributed by atoms with Gasteiger partial charge in [-0.3, -0.25) is 4.90 Å². The van der Waals surface area contributed by atoms with Crippen molar-refractivity contribution in [2.75, 3.05) is 13.6 Å². The summed E-state index contributed by atoms with van der Waals surface area (Å²) < 4.78 is 1.17. The van der Waals surface area contributed by atoms with E-state index in [4.69, 9.17) is 5.73 Å². The van der Waals surface area contributed by atoms with Crippen LogP contribution in [0, 0.1) is 0 Å². The smallest absolute Gasteiger partial charge is 0.0327 e. The van der Waals surface area contributed by atoms with Gasteiger partial charge < -0.3 is 5.73 Å². The van der Waals surface area contributed by atoms with E-state index in [1.165, 1.54) is 10.0 Å². The van der Waals surface area contributed by atoms with Gasteiger partial charge >= 0.3 is 0 Å². The van der Waals surface area contributed by atoms with Gasteiger partial charge in [-0.05, 0) is 31.5 Å². The normalized spacial score (nSPS) is 12.1. The Morgan fingerprint density at radius 2 is 1.82 bits per heavy atom. The molecule has 0 aromatic heterocycles. The topological polar surface area (TPSA) is 29.3 Å². The number of hydrogen-bond donors (Lipinski definition) is 1. The molecule has 0 atom stereocenters. The molecule has 0 amide bonds. The largest absolute Gasteiger partial charge is 0.329 e. The molecule has 0 unspecified atom stereocenters. The van der Waals surface area contributed by atoms with E-state index in [0.29, 0.717) is 6.54 Å². The minimum atomic E-state index is 0.120. The summed E-state index contributed by atoms with van der Waals surface area (Å²) in [6.07, 6.45) is 2.17. The molecular formula is C14H23BrN2. The Morgan fingerprint density at radius 1 is 1.24 bits per heavy atom. The summed E-state index contributed by atoms with van der Waals surface area (Å²) in [5.74, 6) is 0. The van der Waals surface area contributed by atoms with Crippen LogP contribution in [-0.4, -0.2) is 24.0 Å². The molecule has 0 radical (unpaired) electrons.